The standard InChI is InChI=1S/C23H28N4O2/c1-18(16-20-10-5-3-6-11-20)24-26-22(28)14-9-15-23(29)27-25-19(2)17-21-12-7-4-8-13-21/h3-8,10-13H,9,14-17H2,1-2H3,(H,26,28)(H,27,29)/b24-18+,25-19+. The first-order valence-corrected chi connectivity index (χ1v) is 9.75. The van der Waals surface area contributed by atoms with Crippen LogP contribution in [-0.2, 0) is 22.4 Å². The average molecular weight is 393 g/mol. The topological polar surface area (TPSA) is 82.9 Å². The second-order valence-corrected chi connectivity index (χ2v) is 6.94. The summed E-state index contributed by atoms with van der Waals surface area (Å²) in [6.45, 7) is 3.74. The number of hydrogen-bond acceptors (Lipinski definition) is 4. The van der Waals surface area contributed by atoms with Gasteiger partial charge in [0.25, 0.3) is 0 Å². The van der Waals surface area contributed by atoms with E-state index in [4.69, 9.17) is 0 Å². The molecule has 0 aliphatic heterocycles. The third-order valence-electron chi connectivity index (χ3n) is 4.16. The lowest BCUT2D eigenvalue weighted by molar-refractivity contribution is -0.122. The molecule has 29 heavy (non-hydrogen) atoms. The molecule has 6 heteroatoms. The van der Waals surface area contributed by atoms with E-state index >= 15 is 0 Å². The quantitative estimate of drug-likeness (QED) is 0.478. The Hall–Kier alpha value is -3.28. The maximum atomic E-state index is 11.9. The first kappa shape index (κ1) is 22.0. The molecule has 6 nitrogen and oxygen atoms in total. The van der Waals surface area contributed by atoms with Crippen molar-refractivity contribution >= 4 is 23.2 Å². The Kier molecular flexibility index (Phi) is 9.29. The zero-order valence-corrected chi connectivity index (χ0v) is 17.0. The first-order valence-electron chi connectivity index (χ1n) is 9.75. The summed E-state index contributed by atoms with van der Waals surface area (Å²) < 4.78 is 0. The zero-order valence-electron chi connectivity index (χ0n) is 17.0. The van der Waals surface area contributed by atoms with E-state index in [1.807, 2.05) is 74.5 Å². The molecule has 0 aliphatic rings. The monoisotopic (exact) mass is 392 g/mol. The number of nitrogens with one attached hydrogen (secondary N) is 2. The van der Waals surface area contributed by atoms with Crippen molar-refractivity contribution in [3.05, 3.63) is 71.8 Å². The van der Waals surface area contributed by atoms with Gasteiger partial charge in [-0.05, 0) is 31.4 Å². The van der Waals surface area contributed by atoms with Crippen LogP contribution in [0.3, 0.4) is 0 Å². The largest absolute Gasteiger partial charge is 0.273 e. The van der Waals surface area contributed by atoms with Crippen LogP contribution in [0.4, 0.5) is 0 Å². The van der Waals surface area contributed by atoms with Gasteiger partial charge in [0.15, 0.2) is 0 Å². The van der Waals surface area contributed by atoms with E-state index < -0.39 is 0 Å². The van der Waals surface area contributed by atoms with Gasteiger partial charge < -0.3 is 0 Å². The molecule has 2 aromatic carbocycles. The van der Waals surface area contributed by atoms with Crippen molar-refractivity contribution in [1.82, 2.24) is 10.9 Å². The summed E-state index contributed by atoms with van der Waals surface area (Å²) in [6, 6.07) is 19.9. The van der Waals surface area contributed by atoms with Gasteiger partial charge in [-0.15, -0.1) is 0 Å². The van der Waals surface area contributed by atoms with E-state index in [1.54, 1.807) is 0 Å². The third kappa shape index (κ3) is 9.46. The highest BCUT2D eigenvalue weighted by Crippen LogP contribution is 2.02. The smallest absolute Gasteiger partial charge is 0.240 e. The molecule has 2 N–H and O–H groups in total. The van der Waals surface area contributed by atoms with Gasteiger partial charge in [0.05, 0.1) is 0 Å². The summed E-state index contributed by atoms with van der Waals surface area (Å²) in [6.07, 6.45) is 2.29. The Balaban J connectivity index is 1.63. The third-order valence-corrected chi connectivity index (χ3v) is 4.16. The van der Waals surface area contributed by atoms with Gasteiger partial charge >= 0.3 is 0 Å². The van der Waals surface area contributed by atoms with Crippen LogP contribution in [0.2, 0.25) is 0 Å². The summed E-state index contributed by atoms with van der Waals surface area (Å²) in [5.41, 5.74) is 9.02. The van der Waals surface area contributed by atoms with Gasteiger partial charge in [-0.25, -0.2) is 10.9 Å². The van der Waals surface area contributed by atoms with E-state index in [1.165, 1.54) is 0 Å². The molecule has 2 rings (SSSR count). The second-order valence-electron chi connectivity index (χ2n) is 6.94. The molecule has 0 unspecified atom stereocenters. The predicted molar refractivity (Wildman–Crippen MR) is 117 cm³/mol. The van der Waals surface area contributed by atoms with Crippen molar-refractivity contribution in [1.29, 1.82) is 0 Å². The summed E-state index contributed by atoms with van der Waals surface area (Å²) >= 11 is 0. The Labute approximate surface area is 172 Å². The number of amides is 2. The molecule has 0 fully saturated rings. The van der Waals surface area contributed by atoms with E-state index in [-0.39, 0.29) is 24.7 Å². The molecule has 2 aromatic rings. The van der Waals surface area contributed by atoms with Crippen LogP contribution < -0.4 is 10.9 Å². The van der Waals surface area contributed by atoms with Crippen molar-refractivity contribution in [3.8, 4) is 0 Å². The number of carbonyl (C=O) groups excluding carboxylic acids is 2. The summed E-state index contributed by atoms with van der Waals surface area (Å²) in [5, 5.41) is 8.22. The van der Waals surface area contributed by atoms with Gasteiger partial charge in [-0.3, -0.25) is 9.59 Å². The molecular formula is C23H28N4O2. The molecule has 0 spiro atoms. The second kappa shape index (κ2) is 12.2. The van der Waals surface area contributed by atoms with Crippen molar-refractivity contribution < 1.29 is 9.59 Å². The molecule has 0 bridgehead atoms. The zero-order chi connectivity index (χ0) is 20.9. The number of hydrogen-bond donors (Lipinski definition) is 2. The van der Waals surface area contributed by atoms with Gasteiger partial charge in [0.1, 0.15) is 0 Å². The van der Waals surface area contributed by atoms with Gasteiger partial charge in [-0.1, -0.05) is 60.7 Å². The fraction of sp³-hybridized carbons (Fsp3) is 0.304. The molecule has 0 atom stereocenters. The molecular weight excluding hydrogens is 364 g/mol. The number of rotatable bonds is 10. The normalized spacial score (nSPS) is 11.8. The Morgan fingerprint density at radius 1 is 0.690 bits per heavy atom. The SMILES string of the molecule is C/C(Cc1ccccc1)=N\NC(=O)CCCC(=O)N/N=C(\C)Cc1ccccc1. The minimum atomic E-state index is -0.200. The fourth-order valence-electron chi connectivity index (χ4n) is 2.70. The first-order chi connectivity index (χ1) is 14.0. The highest BCUT2D eigenvalue weighted by Gasteiger charge is 2.05. The highest BCUT2D eigenvalue weighted by molar-refractivity contribution is 5.87. The van der Waals surface area contributed by atoms with Crippen LogP contribution in [-0.4, -0.2) is 23.2 Å². The lowest BCUT2D eigenvalue weighted by Gasteiger charge is -2.04. The van der Waals surface area contributed by atoms with Crippen molar-refractivity contribution in [2.75, 3.05) is 0 Å². The number of hydrazone groups is 2. The lowest BCUT2D eigenvalue weighted by atomic mass is 10.1. The molecule has 0 heterocycles. The molecule has 0 saturated heterocycles. The number of carbonyl (C=O) groups is 2. The lowest BCUT2D eigenvalue weighted by Crippen LogP contribution is -2.22. The van der Waals surface area contributed by atoms with E-state index in [9.17, 15) is 9.59 Å². The molecule has 152 valence electrons. The Bertz CT molecular complexity index is 774. The van der Waals surface area contributed by atoms with Crippen LogP contribution in [0.15, 0.2) is 70.9 Å². The van der Waals surface area contributed by atoms with Gasteiger partial charge in [-0.2, -0.15) is 10.2 Å². The van der Waals surface area contributed by atoms with Crippen LogP contribution >= 0.6 is 0 Å². The van der Waals surface area contributed by atoms with E-state index in [2.05, 4.69) is 21.1 Å². The number of benzene rings is 2. The molecule has 0 saturated carbocycles. The van der Waals surface area contributed by atoms with Gasteiger partial charge in [0, 0.05) is 37.1 Å². The van der Waals surface area contributed by atoms with Crippen molar-refractivity contribution in [3.63, 3.8) is 0 Å². The predicted octanol–water partition coefficient (Wildman–Crippen LogP) is 3.63. The van der Waals surface area contributed by atoms with Crippen LogP contribution in [0, 0.1) is 0 Å². The summed E-state index contributed by atoms with van der Waals surface area (Å²) in [4.78, 5) is 23.7. The molecule has 0 radical (unpaired) electrons. The van der Waals surface area contributed by atoms with Gasteiger partial charge in [0.2, 0.25) is 11.8 Å². The van der Waals surface area contributed by atoms with Crippen LogP contribution in [0.5, 0.6) is 0 Å². The Morgan fingerprint density at radius 2 is 1.07 bits per heavy atom. The van der Waals surface area contributed by atoms with Crippen molar-refractivity contribution in [2.24, 2.45) is 10.2 Å². The fourth-order valence-corrected chi connectivity index (χ4v) is 2.70. The molecule has 2 amide bonds. The minimum absolute atomic E-state index is 0.200. The average Bonchev–Trinajstić information content (AvgIpc) is 2.72. The van der Waals surface area contributed by atoms with Crippen LogP contribution in [0.25, 0.3) is 0 Å². The highest BCUT2D eigenvalue weighted by atomic mass is 16.2. The minimum Gasteiger partial charge on any atom is -0.273 e. The number of nitrogens with zero attached hydrogens (tertiary/aromatic N) is 2. The Morgan fingerprint density at radius 3 is 1.45 bits per heavy atom. The summed E-state index contributed by atoms with van der Waals surface area (Å²) in [7, 11) is 0. The van der Waals surface area contributed by atoms with Crippen LogP contribution in [0.1, 0.15) is 44.2 Å². The van der Waals surface area contributed by atoms with E-state index in [0.29, 0.717) is 19.3 Å². The summed E-state index contributed by atoms with van der Waals surface area (Å²) in [5.74, 6) is -0.400. The van der Waals surface area contributed by atoms with Crippen molar-refractivity contribution in [2.45, 2.75) is 46.0 Å². The van der Waals surface area contributed by atoms with E-state index in [0.717, 1.165) is 22.6 Å². The molecule has 0 aliphatic carbocycles. The molecule has 0 aromatic heterocycles. The maximum absolute atomic E-state index is 11.9. The maximum Gasteiger partial charge on any atom is 0.240 e.